The third-order valence-corrected chi connectivity index (χ3v) is 7.83. The van der Waals surface area contributed by atoms with Gasteiger partial charge in [-0.3, -0.25) is 4.79 Å². The van der Waals surface area contributed by atoms with Crippen molar-refractivity contribution in [1.29, 1.82) is 0 Å². The van der Waals surface area contributed by atoms with Gasteiger partial charge in [0, 0.05) is 33.7 Å². The summed E-state index contributed by atoms with van der Waals surface area (Å²) in [4.78, 5) is 19.7. The van der Waals surface area contributed by atoms with Gasteiger partial charge < -0.3 is 14.7 Å². The predicted molar refractivity (Wildman–Crippen MR) is 164 cm³/mol. The van der Waals surface area contributed by atoms with Crippen molar-refractivity contribution in [3.63, 3.8) is 0 Å². The molecular formula is C31H59N3OS. The molecule has 0 saturated carbocycles. The molecule has 0 radical (unpaired) electrons. The first kappa shape index (κ1) is 33.1. The molecule has 0 unspecified atom stereocenters. The number of unbranched alkanes of at least 4 members (excludes halogenated alkanes) is 10. The summed E-state index contributed by atoms with van der Waals surface area (Å²) in [5, 5.41) is 0. The minimum Gasteiger partial charge on any atom is -0.370 e. The van der Waals surface area contributed by atoms with E-state index in [2.05, 4.69) is 63.4 Å². The van der Waals surface area contributed by atoms with Gasteiger partial charge in [-0.2, -0.15) is 0 Å². The van der Waals surface area contributed by atoms with E-state index >= 15 is 0 Å². The van der Waals surface area contributed by atoms with Crippen LogP contribution in [0.2, 0.25) is 0 Å². The van der Waals surface area contributed by atoms with Crippen LogP contribution in [-0.2, 0) is 0 Å². The zero-order valence-corrected chi connectivity index (χ0v) is 25.9. The molecule has 210 valence electrons. The maximum Gasteiger partial charge on any atom is 0.224 e. The zero-order valence-electron chi connectivity index (χ0n) is 25.1. The van der Waals surface area contributed by atoms with Gasteiger partial charge in [0.25, 0.3) is 0 Å². The molecule has 0 bridgehead atoms. The van der Waals surface area contributed by atoms with Crippen molar-refractivity contribution in [3.8, 4) is 0 Å². The first-order chi connectivity index (χ1) is 17.1. The normalized spacial score (nSPS) is 12.1. The fourth-order valence-corrected chi connectivity index (χ4v) is 5.35. The van der Waals surface area contributed by atoms with Crippen molar-refractivity contribution in [1.82, 2.24) is 4.90 Å². The molecule has 0 heterocycles. The molecule has 0 amide bonds. The van der Waals surface area contributed by atoms with E-state index in [0.29, 0.717) is 9.93 Å². The average Bonchev–Trinajstić information content (AvgIpc) is 2.82. The fraction of sp³-hybridized carbons (Fsp3) is 0.871. The Morgan fingerprint density at radius 3 is 1.58 bits per heavy atom. The second kappa shape index (κ2) is 18.3. The van der Waals surface area contributed by atoms with Crippen LogP contribution in [0.5, 0.6) is 0 Å². The zero-order chi connectivity index (χ0) is 27.0. The van der Waals surface area contributed by atoms with E-state index in [9.17, 15) is 4.79 Å². The number of hydrogen-bond donors (Lipinski definition) is 0. The van der Waals surface area contributed by atoms with Crippen LogP contribution in [0.1, 0.15) is 125 Å². The summed E-state index contributed by atoms with van der Waals surface area (Å²) in [5.41, 5.74) is 2.20. The van der Waals surface area contributed by atoms with Gasteiger partial charge in [-0.25, -0.2) is 0 Å². The molecule has 0 aliphatic carbocycles. The quantitative estimate of drug-likeness (QED) is 0.113. The van der Waals surface area contributed by atoms with Crippen molar-refractivity contribution >= 4 is 23.6 Å². The summed E-state index contributed by atoms with van der Waals surface area (Å²) in [5.74, 6) is 0. The first-order valence-electron chi connectivity index (χ1n) is 15.1. The maximum absolute atomic E-state index is 12.6. The number of likely N-dealkylation sites (N-methyl/N-ethyl adjacent to an activating group) is 1. The highest BCUT2D eigenvalue weighted by Crippen LogP contribution is 2.30. The minimum absolute atomic E-state index is 0.0566. The van der Waals surface area contributed by atoms with Crippen molar-refractivity contribution in [2.75, 3.05) is 56.6 Å². The third-order valence-electron chi connectivity index (χ3n) is 7.45. The molecule has 36 heavy (non-hydrogen) atoms. The maximum atomic E-state index is 12.6. The van der Waals surface area contributed by atoms with E-state index in [0.717, 1.165) is 43.9 Å². The van der Waals surface area contributed by atoms with E-state index in [-0.39, 0.29) is 5.43 Å². The summed E-state index contributed by atoms with van der Waals surface area (Å²) in [6, 6.07) is 0. The van der Waals surface area contributed by atoms with Crippen LogP contribution in [0.3, 0.4) is 0 Å². The van der Waals surface area contributed by atoms with E-state index in [1.165, 1.54) is 90.1 Å². The lowest BCUT2D eigenvalue weighted by Crippen LogP contribution is -2.38. The molecule has 0 spiro atoms. The molecule has 0 fully saturated rings. The molecule has 5 heteroatoms. The standard InChI is InChI=1S/C31H59N3OS/c1-8-10-12-14-16-18-23-34(24-19-17-15-13-11-9-2)26-25-33(7)28-27(29(35)30(28)36)32(6)22-20-21-31(3,4)5/h8-26H2,1-7H3. The largest absolute Gasteiger partial charge is 0.370 e. The molecule has 0 saturated heterocycles. The monoisotopic (exact) mass is 521 g/mol. The van der Waals surface area contributed by atoms with Gasteiger partial charge in [0.2, 0.25) is 5.43 Å². The Kier molecular flexibility index (Phi) is 16.9. The molecule has 1 aromatic carbocycles. The molecule has 0 N–H and O–H groups in total. The molecule has 4 nitrogen and oxygen atoms in total. The smallest absolute Gasteiger partial charge is 0.224 e. The van der Waals surface area contributed by atoms with Crippen LogP contribution in [-0.4, -0.2) is 51.7 Å². The minimum atomic E-state index is 0.0566. The Morgan fingerprint density at radius 1 is 0.611 bits per heavy atom. The SMILES string of the molecule is CCCCCCCCN(CCCCCCCC)CCN(C)c1c(N(C)CCCC(C)(C)C)c(=O)c1=S. The highest BCUT2D eigenvalue weighted by atomic mass is 32.1. The van der Waals surface area contributed by atoms with Gasteiger partial charge in [-0.1, -0.05) is 111 Å². The molecule has 0 aliphatic rings. The number of anilines is 2. The molecule has 1 aromatic rings. The number of nitrogens with zero attached hydrogens (tertiary/aromatic N) is 3. The number of hydrogen-bond acceptors (Lipinski definition) is 5. The molecule has 0 aromatic heterocycles. The Bertz CT molecular complexity index is 747. The highest BCUT2D eigenvalue weighted by molar-refractivity contribution is 7.71. The van der Waals surface area contributed by atoms with Crippen LogP contribution >= 0.6 is 12.2 Å². The van der Waals surface area contributed by atoms with E-state index < -0.39 is 0 Å². The predicted octanol–water partition coefficient (Wildman–Crippen LogP) is 8.37. The summed E-state index contributed by atoms with van der Waals surface area (Å²) in [7, 11) is 4.17. The van der Waals surface area contributed by atoms with Crippen molar-refractivity contribution in [2.45, 2.75) is 125 Å². The van der Waals surface area contributed by atoms with Gasteiger partial charge in [-0.05, 0) is 44.2 Å². The van der Waals surface area contributed by atoms with Crippen LogP contribution in [0, 0.1) is 9.93 Å². The van der Waals surface area contributed by atoms with Crippen LogP contribution in [0.25, 0.3) is 0 Å². The molecular weight excluding hydrogens is 462 g/mol. The Labute approximate surface area is 229 Å². The highest BCUT2D eigenvalue weighted by Gasteiger charge is 2.24. The summed E-state index contributed by atoms with van der Waals surface area (Å²) >= 11 is 5.50. The van der Waals surface area contributed by atoms with E-state index in [1.54, 1.807) is 0 Å². The van der Waals surface area contributed by atoms with Gasteiger partial charge in [-0.15, -0.1) is 0 Å². The van der Waals surface area contributed by atoms with Gasteiger partial charge in [0.1, 0.15) is 10.2 Å². The average molecular weight is 522 g/mol. The van der Waals surface area contributed by atoms with Gasteiger partial charge >= 0.3 is 0 Å². The molecule has 1 rings (SSSR count). The summed E-state index contributed by atoms with van der Waals surface area (Å²) in [6.07, 6.45) is 18.4. The first-order valence-corrected chi connectivity index (χ1v) is 15.5. The van der Waals surface area contributed by atoms with Crippen LogP contribution < -0.4 is 15.2 Å². The van der Waals surface area contributed by atoms with Crippen LogP contribution in [0.15, 0.2) is 4.79 Å². The Hall–Kier alpha value is -0.940. The summed E-state index contributed by atoms with van der Waals surface area (Å²) in [6.45, 7) is 16.6. The lowest BCUT2D eigenvalue weighted by Gasteiger charge is -2.32. The second-order valence-corrected chi connectivity index (χ2v) is 12.6. The van der Waals surface area contributed by atoms with E-state index in [1.807, 2.05) is 0 Å². The van der Waals surface area contributed by atoms with E-state index in [4.69, 9.17) is 12.2 Å². The topological polar surface area (TPSA) is 26.8 Å². The second-order valence-electron chi connectivity index (χ2n) is 12.2. The van der Waals surface area contributed by atoms with Crippen molar-refractivity contribution in [2.24, 2.45) is 5.41 Å². The third kappa shape index (κ3) is 13.0. The van der Waals surface area contributed by atoms with Crippen molar-refractivity contribution < 1.29 is 0 Å². The van der Waals surface area contributed by atoms with Gasteiger partial charge in [0.15, 0.2) is 0 Å². The fourth-order valence-electron chi connectivity index (χ4n) is 5.00. The summed E-state index contributed by atoms with van der Waals surface area (Å²) < 4.78 is 0.522. The lowest BCUT2D eigenvalue weighted by molar-refractivity contribution is 0.266. The molecule has 0 aliphatic heterocycles. The number of rotatable bonds is 22. The lowest BCUT2D eigenvalue weighted by atomic mass is 9.90. The van der Waals surface area contributed by atoms with Crippen LogP contribution in [0.4, 0.5) is 11.4 Å². The molecule has 0 atom stereocenters. The Morgan fingerprint density at radius 2 is 1.08 bits per heavy atom. The van der Waals surface area contributed by atoms with Crippen molar-refractivity contribution in [3.05, 3.63) is 14.7 Å². The van der Waals surface area contributed by atoms with Gasteiger partial charge in [0.05, 0.1) is 5.69 Å². The Balaban J connectivity index is 2.63.